The number of hydrogen-bond acceptors (Lipinski definition) is 4. The van der Waals surface area contributed by atoms with E-state index in [0.717, 1.165) is 44.6 Å². The van der Waals surface area contributed by atoms with Crippen LogP contribution in [-0.4, -0.2) is 58.8 Å². The molecule has 0 amide bonds. The van der Waals surface area contributed by atoms with Crippen molar-refractivity contribution in [2.45, 2.75) is 44.2 Å². The summed E-state index contributed by atoms with van der Waals surface area (Å²) < 4.78 is 6.05. The fourth-order valence-corrected chi connectivity index (χ4v) is 5.04. The Morgan fingerprint density at radius 1 is 1.47 bits per heavy atom. The maximum absolute atomic E-state index is 11.3. The lowest BCUT2D eigenvalue weighted by atomic mass is 9.88. The molecule has 3 saturated heterocycles. The zero-order chi connectivity index (χ0) is 13.5. The number of thioether (sulfide) groups is 1. The Hall–Kier alpha value is -0.260. The van der Waals surface area contributed by atoms with Gasteiger partial charge in [0.25, 0.3) is 0 Å². The first kappa shape index (κ1) is 13.7. The van der Waals surface area contributed by atoms with Crippen molar-refractivity contribution in [3.63, 3.8) is 0 Å². The highest BCUT2D eigenvalue weighted by Crippen LogP contribution is 2.41. The van der Waals surface area contributed by atoms with Crippen LogP contribution in [0.15, 0.2) is 0 Å². The lowest BCUT2D eigenvalue weighted by Crippen LogP contribution is -2.49. The highest BCUT2D eigenvalue weighted by molar-refractivity contribution is 7.99. The van der Waals surface area contributed by atoms with Gasteiger partial charge < -0.3 is 9.84 Å². The van der Waals surface area contributed by atoms with Crippen molar-refractivity contribution < 1.29 is 14.6 Å². The van der Waals surface area contributed by atoms with Crippen LogP contribution in [0.5, 0.6) is 0 Å². The van der Waals surface area contributed by atoms with Crippen LogP contribution in [-0.2, 0) is 9.53 Å². The second-order valence-electron chi connectivity index (χ2n) is 6.57. The molecule has 19 heavy (non-hydrogen) atoms. The summed E-state index contributed by atoms with van der Waals surface area (Å²) in [5.74, 6) is 1.68. The van der Waals surface area contributed by atoms with Gasteiger partial charge in [0.05, 0.1) is 11.0 Å². The van der Waals surface area contributed by atoms with Crippen molar-refractivity contribution in [1.82, 2.24) is 4.90 Å². The number of rotatable bonds is 2. The maximum Gasteiger partial charge on any atom is 0.310 e. The standard InChI is InChI=1S/C14H23NO3S/c1-13(12(16)17)3-5-15(9-13)11-2-6-18-14(8-11)4-7-19-10-14/h11H,2-10H2,1H3,(H,16,17). The lowest BCUT2D eigenvalue weighted by Gasteiger charge is -2.41. The number of ether oxygens (including phenoxy) is 1. The van der Waals surface area contributed by atoms with E-state index < -0.39 is 11.4 Å². The molecule has 5 heteroatoms. The van der Waals surface area contributed by atoms with Gasteiger partial charge in [-0.25, -0.2) is 0 Å². The van der Waals surface area contributed by atoms with Crippen molar-refractivity contribution in [3.8, 4) is 0 Å². The Kier molecular flexibility index (Phi) is 3.56. The third-order valence-electron chi connectivity index (χ3n) is 5.07. The van der Waals surface area contributed by atoms with E-state index in [4.69, 9.17) is 4.74 Å². The number of aliphatic carboxylic acids is 1. The first-order valence-electron chi connectivity index (χ1n) is 7.22. The van der Waals surface area contributed by atoms with Crippen LogP contribution < -0.4 is 0 Å². The molecule has 0 aromatic rings. The van der Waals surface area contributed by atoms with Crippen LogP contribution in [0.2, 0.25) is 0 Å². The molecular formula is C14H23NO3S. The van der Waals surface area contributed by atoms with Gasteiger partial charge in [0.2, 0.25) is 0 Å². The molecule has 4 nitrogen and oxygen atoms in total. The highest BCUT2D eigenvalue weighted by Gasteiger charge is 2.47. The van der Waals surface area contributed by atoms with Crippen LogP contribution >= 0.6 is 11.8 Å². The van der Waals surface area contributed by atoms with Gasteiger partial charge in [-0.1, -0.05) is 0 Å². The van der Waals surface area contributed by atoms with E-state index >= 15 is 0 Å². The third kappa shape index (κ3) is 2.52. The van der Waals surface area contributed by atoms with Gasteiger partial charge in [-0.3, -0.25) is 9.69 Å². The molecule has 0 saturated carbocycles. The van der Waals surface area contributed by atoms with E-state index in [1.54, 1.807) is 0 Å². The molecule has 1 N–H and O–H groups in total. The molecular weight excluding hydrogens is 262 g/mol. The summed E-state index contributed by atoms with van der Waals surface area (Å²) in [4.78, 5) is 13.8. The van der Waals surface area contributed by atoms with E-state index in [2.05, 4.69) is 4.90 Å². The molecule has 0 radical (unpaired) electrons. The summed E-state index contributed by atoms with van der Waals surface area (Å²) in [6.07, 6.45) is 4.09. The fraction of sp³-hybridized carbons (Fsp3) is 0.929. The number of likely N-dealkylation sites (tertiary alicyclic amines) is 1. The minimum Gasteiger partial charge on any atom is -0.481 e. The quantitative estimate of drug-likeness (QED) is 0.839. The Morgan fingerprint density at radius 2 is 2.32 bits per heavy atom. The summed E-state index contributed by atoms with van der Waals surface area (Å²) in [6.45, 7) is 4.36. The molecule has 3 atom stereocenters. The molecule has 0 bridgehead atoms. The van der Waals surface area contributed by atoms with Gasteiger partial charge in [-0.15, -0.1) is 0 Å². The molecule has 3 aliphatic rings. The molecule has 3 aliphatic heterocycles. The van der Waals surface area contributed by atoms with E-state index in [1.165, 1.54) is 5.75 Å². The minimum absolute atomic E-state index is 0.0931. The molecule has 3 rings (SSSR count). The summed E-state index contributed by atoms with van der Waals surface area (Å²) in [5, 5.41) is 9.34. The molecule has 0 aliphatic carbocycles. The van der Waals surface area contributed by atoms with E-state index in [0.29, 0.717) is 12.6 Å². The number of hydrogen-bond donors (Lipinski definition) is 1. The molecule has 3 unspecified atom stereocenters. The topological polar surface area (TPSA) is 49.8 Å². The zero-order valence-corrected chi connectivity index (χ0v) is 12.4. The predicted molar refractivity (Wildman–Crippen MR) is 75.6 cm³/mol. The van der Waals surface area contributed by atoms with Crippen molar-refractivity contribution in [2.24, 2.45) is 5.41 Å². The van der Waals surface area contributed by atoms with Crippen molar-refractivity contribution in [2.75, 3.05) is 31.2 Å². The van der Waals surface area contributed by atoms with Gasteiger partial charge in [-0.2, -0.15) is 11.8 Å². The number of nitrogens with zero attached hydrogens (tertiary/aromatic N) is 1. The largest absolute Gasteiger partial charge is 0.481 e. The Balaban J connectivity index is 1.65. The second kappa shape index (κ2) is 4.93. The van der Waals surface area contributed by atoms with E-state index in [-0.39, 0.29) is 5.60 Å². The van der Waals surface area contributed by atoms with Gasteiger partial charge >= 0.3 is 5.97 Å². The van der Waals surface area contributed by atoms with Crippen LogP contribution in [0, 0.1) is 5.41 Å². The van der Waals surface area contributed by atoms with Crippen LogP contribution in [0.3, 0.4) is 0 Å². The third-order valence-corrected chi connectivity index (χ3v) is 6.29. The van der Waals surface area contributed by atoms with Crippen molar-refractivity contribution in [3.05, 3.63) is 0 Å². The maximum atomic E-state index is 11.3. The Bertz CT molecular complexity index is 370. The average Bonchev–Trinajstić information content (AvgIpc) is 2.98. The normalized spacial score (nSPS) is 43.9. The predicted octanol–water partition coefficient (Wildman–Crippen LogP) is 1.84. The average molecular weight is 285 g/mol. The van der Waals surface area contributed by atoms with Crippen LogP contribution in [0.25, 0.3) is 0 Å². The van der Waals surface area contributed by atoms with Gasteiger partial charge in [0.15, 0.2) is 0 Å². The minimum atomic E-state index is -0.645. The van der Waals surface area contributed by atoms with Gasteiger partial charge in [-0.05, 0) is 44.9 Å². The van der Waals surface area contributed by atoms with Gasteiger partial charge in [0.1, 0.15) is 0 Å². The smallest absolute Gasteiger partial charge is 0.310 e. The highest BCUT2D eigenvalue weighted by atomic mass is 32.2. The van der Waals surface area contributed by atoms with Crippen molar-refractivity contribution in [1.29, 1.82) is 0 Å². The summed E-state index contributed by atoms with van der Waals surface area (Å²) >= 11 is 1.99. The molecule has 108 valence electrons. The SMILES string of the molecule is CC1(C(=O)O)CCN(C2CCOC3(CCSC3)C2)C1. The van der Waals surface area contributed by atoms with Crippen molar-refractivity contribution >= 4 is 17.7 Å². The number of carboxylic acid groups (broad SMARTS) is 1. The summed E-state index contributed by atoms with van der Waals surface area (Å²) in [5.41, 5.74) is -0.453. The first-order chi connectivity index (χ1) is 9.03. The summed E-state index contributed by atoms with van der Waals surface area (Å²) in [7, 11) is 0. The molecule has 3 fully saturated rings. The first-order valence-corrected chi connectivity index (χ1v) is 8.38. The number of carboxylic acids is 1. The number of carbonyl (C=O) groups is 1. The fourth-order valence-electron chi connectivity index (χ4n) is 3.66. The monoisotopic (exact) mass is 285 g/mol. The van der Waals surface area contributed by atoms with Gasteiger partial charge in [0, 0.05) is 24.9 Å². The molecule has 3 heterocycles. The van der Waals surface area contributed by atoms with E-state index in [9.17, 15) is 9.90 Å². The lowest BCUT2D eigenvalue weighted by molar-refractivity contribution is -0.147. The molecule has 0 aromatic heterocycles. The Morgan fingerprint density at radius 3 is 2.95 bits per heavy atom. The van der Waals surface area contributed by atoms with E-state index in [1.807, 2.05) is 18.7 Å². The van der Waals surface area contributed by atoms with Crippen LogP contribution in [0.1, 0.15) is 32.6 Å². The van der Waals surface area contributed by atoms with Crippen LogP contribution in [0.4, 0.5) is 0 Å². The molecule has 1 spiro atoms. The molecule has 0 aromatic carbocycles. The second-order valence-corrected chi connectivity index (χ2v) is 7.67. The zero-order valence-electron chi connectivity index (χ0n) is 11.6. The summed E-state index contributed by atoms with van der Waals surface area (Å²) in [6, 6.07) is 0.522. The Labute approximate surface area is 118 Å².